The highest BCUT2D eigenvalue weighted by Crippen LogP contribution is 2.47. The summed E-state index contributed by atoms with van der Waals surface area (Å²) in [6, 6.07) is 0. The fraction of sp³-hybridized carbons (Fsp3) is 0.800. The first kappa shape index (κ1) is 9.13. The van der Waals surface area contributed by atoms with Crippen LogP contribution >= 0.6 is 0 Å². The van der Waals surface area contributed by atoms with Gasteiger partial charge in [-0.3, -0.25) is 4.90 Å². The zero-order valence-electron chi connectivity index (χ0n) is 7.68. The van der Waals surface area contributed by atoms with Gasteiger partial charge in [0.05, 0.1) is 0 Å². The highest BCUT2D eigenvalue weighted by molar-refractivity contribution is 4.98. The van der Waals surface area contributed by atoms with Gasteiger partial charge in [0, 0.05) is 32.0 Å². The van der Waals surface area contributed by atoms with Crippen molar-refractivity contribution in [3.8, 4) is 0 Å². The van der Waals surface area contributed by atoms with Crippen LogP contribution in [-0.2, 0) is 0 Å². The molecule has 74 valence electrons. The SMILES string of the molecule is C=CCN1CC2CCC(F)(F)C2C1. The maximum atomic E-state index is 13.3. The minimum Gasteiger partial charge on any atom is -0.299 e. The molecule has 1 saturated carbocycles. The zero-order valence-corrected chi connectivity index (χ0v) is 7.68. The van der Waals surface area contributed by atoms with Crippen LogP contribution in [0.2, 0.25) is 0 Å². The highest BCUT2D eigenvalue weighted by atomic mass is 19.3. The Morgan fingerprint density at radius 3 is 2.85 bits per heavy atom. The van der Waals surface area contributed by atoms with Gasteiger partial charge in [0.25, 0.3) is 5.92 Å². The summed E-state index contributed by atoms with van der Waals surface area (Å²) in [5, 5.41) is 0. The van der Waals surface area contributed by atoms with Crippen LogP contribution < -0.4 is 0 Å². The molecule has 2 atom stereocenters. The Morgan fingerprint density at radius 2 is 2.23 bits per heavy atom. The minimum absolute atomic E-state index is 0.101. The Bertz CT molecular complexity index is 215. The molecule has 2 aliphatic rings. The lowest BCUT2D eigenvalue weighted by Crippen LogP contribution is -2.29. The lowest BCUT2D eigenvalue weighted by Gasteiger charge is -2.18. The van der Waals surface area contributed by atoms with Crippen LogP contribution in [0.1, 0.15) is 12.8 Å². The number of rotatable bonds is 2. The molecule has 1 aliphatic carbocycles. The van der Waals surface area contributed by atoms with Gasteiger partial charge in [-0.15, -0.1) is 6.58 Å². The molecule has 13 heavy (non-hydrogen) atoms. The molecular weight excluding hydrogens is 172 g/mol. The van der Waals surface area contributed by atoms with Gasteiger partial charge in [0.15, 0.2) is 0 Å². The van der Waals surface area contributed by atoms with Crippen molar-refractivity contribution in [2.45, 2.75) is 18.8 Å². The topological polar surface area (TPSA) is 3.24 Å². The molecule has 0 aromatic heterocycles. The van der Waals surface area contributed by atoms with Crippen LogP contribution in [0, 0.1) is 11.8 Å². The van der Waals surface area contributed by atoms with Crippen LogP contribution in [0.5, 0.6) is 0 Å². The van der Waals surface area contributed by atoms with Gasteiger partial charge in [0.2, 0.25) is 0 Å². The van der Waals surface area contributed by atoms with Crippen molar-refractivity contribution in [3.05, 3.63) is 12.7 Å². The quantitative estimate of drug-likeness (QED) is 0.599. The molecule has 0 radical (unpaired) electrons. The second-order valence-electron chi connectivity index (χ2n) is 4.17. The van der Waals surface area contributed by atoms with Gasteiger partial charge < -0.3 is 0 Å². The first-order chi connectivity index (χ1) is 6.13. The van der Waals surface area contributed by atoms with Gasteiger partial charge in [-0.2, -0.15) is 0 Å². The second kappa shape index (κ2) is 3.05. The molecule has 2 unspecified atom stereocenters. The first-order valence-electron chi connectivity index (χ1n) is 4.84. The molecule has 0 bridgehead atoms. The van der Waals surface area contributed by atoms with Crippen LogP contribution in [0.4, 0.5) is 8.78 Å². The lowest BCUT2D eigenvalue weighted by molar-refractivity contribution is -0.0394. The predicted octanol–water partition coefficient (Wildman–Crippen LogP) is 2.15. The Kier molecular flexibility index (Phi) is 2.14. The van der Waals surface area contributed by atoms with Crippen molar-refractivity contribution in [2.24, 2.45) is 11.8 Å². The minimum atomic E-state index is -2.40. The molecule has 1 heterocycles. The Labute approximate surface area is 77.4 Å². The van der Waals surface area contributed by atoms with E-state index in [1.165, 1.54) is 0 Å². The summed E-state index contributed by atoms with van der Waals surface area (Å²) < 4.78 is 26.5. The number of halogens is 2. The second-order valence-corrected chi connectivity index (χ2v) is 4.17. The van der Waals surface area contributed by atoms with E-state index in [4.69, 9.17) is 0 Å². The Morgan fingerprint density at radius 1 is 1.46 bits per heavy atom. The largest absolute Gasteiger partial charge is 0.299 e. The molecule has 1 nitrogen and oxygen atoms in total. The Balaban J connectivity index is 2.01. The molecule has 0 spiro atoms. The maximum absolute atomic E-state index is 13.3. The van der Waals surface area contributed by atoms with Crippen molar-refractivity contribution in [1.82, 2.24) is 4.90 Å². The van der Waals surface area contributed by atoms with E-state index in [-0.39, 0.29) is 18.3 Å². The van der Waals surface area contributed by atoms with Crippen molar-refractivity contribution in [2.75, 3.05) is 19.6 Å². The standard InChI is InChI=1S/C10H15F2N/c1-2-5-13-6-8-3-4-10(11,12)9(8)7-13/h2,8-9H,1,3-7H2. The number of alkyl halides is 2. The fourth-order valence-corrected chi connectivity index (χ4v) is 2.63. The third kappa shape index (κ3) is 1.50. The molecule has 0 amide bonds. The third-order valence-corrected chi connectivity index (χ3v) is 3.29. The normalized spacial score (nSPS) is 37.7. The summed E-state index contributed by atoms with van der Waals surface area (Å²) in [5.74, 6) is -2.55. The van der Waals surface area contributed by atoms with Crippen LogP contribution in [0.15, 0.2) is 12.7 Å². The molecule has 1 saturated heterocycles. The van der Waals surface area contributed by atoms with E-state index in [9.17, 15) is 8.78 Å². The van der Waals surface area contributed by atoms with Crippen molar-refractivity contribution in [1.29, 1.82) is 0 Å². The highest BCUT2D eigenvalue weighted by Gasteiger charge is 2.53. The smallest absolute Gasteiger partial charge is 0.252 e. The van der Waals surface area contributed by atoms with E-state index in [0.29, 0.717) is 13.0 Å². The van der Waals surface area contributed by atoms with Crippen molar-refractivity contribution in [3.63, 3.8) is 0 Å². The van der Waals surface area contributed by atoms with Gasteiger partial charge in [0.1, 0.15) is 0 Å². The van der Waals surface area contributed by atoms with E-state index in [0.717, 1.165) is 13.1 Å². The number of fused-ring (bicyclic) bond motifs is 1. The summed E-state index contributed by atoms with van der Waals surface area (Å²) in [4.78, 5) is 2.08. The van der Waals surface area contributed by atoms with Crippen LogP contribution in [-0.4, -0.2) is 30.5 Å². The number of likely N-dealkylation sites (tertiary alicyclic amines) is 1. The van der Waals surface area contributed by atoms with Crippen molar-refractivity contribution >= 4 is 0 Å². The van der Waals surface area contributed by atoms with Crippen LogP contribution in [0.25, 0.3) is 0 Å². The van der Waals surface area contributed by atoms with E-state index >= 15 is 0 Å². The summed E-state index contributed by atoms with van der Waals surface area (Å²) in [6.07, 6.45) is 2.59. The number of hydrogen-bond donors (Lipinski definition) is 0. The summed E-state index contributed by atoms with van der Waals surface area (Å²) in [6.45, 7) is 5.78. The van der Waals surface area contributed by atoms with Gasteiger partial charge in [-0.05, 0) is 12.3 Å². The average Bonchev–Trinajstić information content (AvgIpc) is 2.55. The zero-order chi connectivity index (χ0) is 9.47. The Hall–Kier alpha value is -0.440. The van der Waals surface area contributed by atoms with Gasteiger partial charge >= 0.3 is 0 Å². The van der Waals surface area contributed by atoms with Crippen molar-refractivity contribution < 1.29 is 8.78 Å². The van der Waals surface area contributed by atoms with E-state index in [1.54, 1.807) is 6.08 Å². The molecule has 0 aromatic carbocycles. The monoisotopic (exact) mass is 187 g/mol. The molecule has 1 aliphatic heterocycles. The first-order valence-corrected chi connectivity index (χ1v) is 4.84. The molecule has 0 N–H and O–H groups in total. The lowest BCUT2D eigenvalue weighted by atomic mass is 9.99. The molecule has 2 rings (SSSR count). The van der Waals surface area contributed by atoms with E-state index in [2.05, 4.69) is 11.5 Å². The maximum Gasteiger partial charge on any atom is 0.252 e. The molecule has 3 heteroatoms. The predicted molar refractivity (Wildman–Crippen MR) is 47.8 cm³/mol. The summed E-state index contributed by atoms with van der Waals surface area (Å²) in [5.41, 5.74) is 0. The molecular formula is C10H15F2N. The van der Waals surface area contributed by atoms with Gasteiger partial charge in [-0.25, -0.2) is 8.78 Å². The average molecular weight is 187 g/mol. The third-order valence-electron chi connectivity index (χ3n) is 3.29. The van der Waals surface area contributed by atoms with E-state index in [1.807, 2.05) is 0 Å². The number of hydrogen-bond acceptors (Lipinski definition) is 1. The number of nitrogens with zero attached hydrogens (tertiary/aromatic N) is 1. The fourth-order valence-electron chi connectivity index (χ4n) is 2.63. The molecule has 2 fully saturated rings. The molecule has 0 aromatic rings. The summed E-state index contributed by atoms with van der Waals surface area (Å²) in [7, 11) is 0. The summed E-state index contributed by atoms with van der Waals surface area (Å²) >= 11 is 0. The van der Waals surface area contributed by atoms with E-state index < -0.39 is 5.92 Å². The van der Waals surface area contributed by atoms with Gasteiger partial charge in [-0.1, -0.05) is 6.08 Å². The van der Waals surface area contributed by atoms with Crippen LogP contribution in [0.3, 0.4) is 0 Å².